The molecule has 0 aromatic carbocycles. The van der Waals surface area contributed by atoms with Gasteiger partial charge in [-0.05, 0) is 19.8 Å². The van der Waals surface area contributed by atoms with Gasteiger partial charge < -0.3 is 14.6 Å². The average molecular weight is 267 g/mol. The lowest BCUT2D eigenvalue weighted by Crippen LogP contribution is -2.38. The highest BCUT2D eigenvalue weighted by Crippen LogP contribution is 2.38. The molecule has 1 fully saturated rings. The molecule has 1 aliphatic carbocycles. The number of nitro groups is 1. The molecular weight excluding hydrogens is 250 g/mol. The maximum absolute atomic E-state index is 12.3. The van der Waals surface area contributed by atoms with Gasteiger partial charge in [0, 0.05) is 19.2 Å². The number of likely N-dealkylation sites (N-methyl/N-ethyl adjacent to an activating group) is 1. The van der Waals surface area contributed by atoms with Gasteiger partial charge in [-0.3, -0.25) is 14.9 Å². The van der Waals surface area contributed by atoms with Crippen molar-refractivity contribution in [1.29, 1.82) is 0 Å². The van der Waals surface area contributed by atoms with E-state index in [4.69, 9.17) is 5.11 Å². The highest BCUT2D eigenvalue weighted by Gasteiger charge is 2.32. The standard InChI is InChI=1S/C12H17N3O4/c1-8(7-16)13(2)12(17)11-5-10(15(18)19)6-14(11)9-3-4-9/h5-6,8-9,16H,3-4,7H2,1-2H3. The van der Waals surface area contributed by atoms with E-state index in [1.165, 1.54) is 17.2 Å². The van der Waals surface area contributed by atoms with Gasteiger partial charge in [0.25, 0.3) is 11.6 Å². The maximum atomic E-state index is 12.3. The van der Waals surface area contributed by atoms with Crippen molar-refractivity contribution in [2.75, 3.05) is 13.7 Å². The van der Waals surface area contributed by atoms with Crippen LogP contribution in [0.2, 0.25) is 0 Å². The predicted molar refractivity (Wildman–Crippen MR) is 68.0 cm³/mol. The Hall–Kier alpha value is -1.89. The molecule has 1 heterocycles. The number of rotatable bonds is 5. The summed E-state index contributed by atoms with van der Waals surface area (Å²) in [5.41, 5.74) is 0.248. The summed E-state index contributed by atoms with van der Waals surface area (Å²) in [5.74, 6) is -0.304. The summed E-state index contributed by atoms with van der Waals surface area (Å²) >= 11 is 0. The van der Waals surface area contributed by atoms with E-state index in [-0.39, 0.29) is 30.3 Å². The van der Waals surface area contributed by atoms with Gasteiger partial charge in [0.1, 0.15) is 5.69 Å². The number of aromatic nitrogens is 1. The van der Waals surface area contributed by atoms with Crippen LogP contribution in [0.25, 0.3) is 0 Å². The van der Waals surface area contributed by atoms with E-state index in [0.29, 0.717) is 5.69 Å². The first-order valence-electron chi connectivity index (χ1n) is 6.20. The van der Waals surface area contributed by atoms with Crippen LogP contribution in [0, 0.1) is 10.1 Å². The van der Waals surface area contributed by atoms with Crippen LogP contribution in [0.15, 0.2) is 12.3 Å². The Kier molecular flexibility index (Phi) is 3.57. The maximum Gasteiger partial charge on any atom is 0.287 e. The van der Waals surface area contributed by atoms with Crippen molar-refractivity contribution in [3.05, 3.63) is 28.1 Å². The minimum atomic E-state index is -0.495. The lowest BCUT2D eigenvalue weighted by molar-refractivity contribution is -0.384. The largest absolute Gasteiger partial charge is 0.394 e. The van der Waals surface area contributed by atoms with Gasteiger partial charge in [0.15, 0.2) is 0 Å². The molecule has 1 unspecified atom stereocenters. The third-order valence-corrected chi connectivity index (χ3v) is 3.45. The number of carbonyl (C=O) groups is 1. The van der Waals surface area contributed by atoms with Gasteiger partial charge in [0.2, 0.25) is 0 Å². The molecule has 0 aliphatic heterocycles. The summed E-state index contributed by atoms with van der Waals surface area (Å²) in [4.78, 5) is 24.0. The molecular formula is C12H17N3O4. The zero-order chi connectivity index (χ0) is 14.2. The molecule has 7 heteroatoms. The fourth-order valence-electron chi connectivity index (χ4n) is 1.89. The molecule has 1 aliphatic rings. The van der Waals surface area contributed by atoms with Crippen molar-refractivity contribution in [3.8, 4) is 0 Å². The van der Waals surface area contributed by atoms with Crippen LogP contribution >= 0.6 is 0 Å². The van der Waals surface area contributed by atoms with Gasteiger partial charge in [-0.15, -0.1) is 0 Å². The minimum absolute atomic E-state index is 0.0692. The van der Waals surface area contributed by atoms with Crippen molar-refractivity contribution in [2.24, 2.45) is 0 Å². The van der Waals surface area contributed by atoms with E-state index in [1.807, 2.05) is 0 Å². The lowest BCUT2D eigenvalue weighted by Gasteiger charge is -2.23. The first kappa shape index (κ1) is 13.5. The summed E-state index contributed by atoms with van der Waals surface area (Å²) < 4.78 is 1.68. The fraction of sp³-hybridized carbons (Fsp3) is 0.583. The van der Waals surface area contributed by atoms with Crippen LogP contribution in [0.1, 0.15) is 36.3 Å². The van der Waals surface area contributed by atoms with Crippen LogP contribution in [-0.4, -0.2) is 45.1 Å². The Morgan fingerprint density at radius 3 is 2.79 bits per heavy atom. The molecule has 1 aromatic rings. The van der Waals surface area contributed by atoms with Gasteiger partial charge in [-0.25, -0.2) is 0 Å². The Balaban J connectivity index is 2.32. The number of aliphatic hydroxyl groups excluding tert-OH is 1. The summed E-state index contributed by atoms with van der Waals surface area (Å²) in [6.45, 7) is 1.57. The molecule has 0 bridgehead atoms. The van der Waals surface area contributed by atoms with E-state index in [9.17, 15) is 14.9 Å². The quantitative estimate of drug-likeness (QED) is 0.641. The lowest BCUT2D eigenvalue weighted by atomic mass is 10.2. The van der Waals surface area contributed by atoms with Gasteiger partial charge in [-0.2, -0.15) is 0 Å². The number of carbonyl (C=O) groups excluding carboxylic acids is 1. The second-order valence-corrected chi connectivity index (χ2v) is 4.93. The molecule has 1 amide bonds. The molecule has 0 saturated heterocycles. The molecule has 0 radical (unpaired) electrons. The van der Waals surface area contributed by atoms with Crippen molar-refractivity contribution in [2.45, 2.75) is 31.8 Å². The molecule has 1 aromatic heterocycles. The van der Waals surface area contributed by atoms with E-state index < -0.39 is 4.92 Å². The average Bonchev–Trinajstić information content (AvgIpc) is 3.14. The predicted octanol–water partition coefficient (Wildman–Crippen LogP) is 1.18. The van der Waals surface area contributed by atoms with E-state index in [1.54, 1.807) is 18.5 Å². The number of hydrogen-bond donors (Lipinski definition) is 1. The SMILES string of the molecule is CC(CO)N(C)C(=O)c1cc([N+](=O)[O-])cn1C1CC1. The van der Waals surface area contributed by atoms with Gasteiger partial charge in [0.05, 0.1) is 23.8 Å². The molecule has 1 saturated carbocycles. The number of aliphatic hydroxyl groups is 1. The first-order valence-corrected chi connectivity index (χ1v) is 6.20. The molecule has 0 spiro atoms. The zero-order valence-electron chi connectivity index (χ0n) is 10.9. The molecule has 7 nitrogen and oxygen atoms in total. The Labute approximate surface area is 110 Å². The first-order chi connectivity index (χ1) is 8.95. The summed E-state index contributed by atoms with van der Waals surface area (Å²) in [6.07, 6.45) is 3.29. The normalized spacial score (nSPS) is 16.2. The van der Waals surface area contributed by atoms with Gasteiger partial charge >= 0.3 is 0 Å². The highest BCUT2D eigenvalue weighted by atomic mass is 16.6. The molecule has 104 valence electrons. The van der Waals surface area contributed by atoms with E-state index in [2.05, 4.69) is 0 Å². The van der Waals surface area contributed by atoms with Crippen molar-refractivity contribution in [3.63, 3.8) is 0 Å². The zero-order valence-corrected chi connectivity index (χ0v) is 10.9. The summed E-state index contributed by atoms with van der Waals surface area (Å²) in [7, 11) is 1.58. The molecule has 1 N–H and O–H groups in total. The molecule has 2 rings (SSSR count). The third-order valence-electron chi connectivity index (χ3n) is 3.45. The topological polar surface area (TPSA) is 88.6 Å². The van der Waals surface area contributed by atoms with Crippen LogP contribution in [-0.2, 0) is 0 Å². The Bertz CT molecular complexity index is 507. The van der Waals surface area contributed by atoms with Crippen LogP contribution in [0.3, 0.4) is 0 Å². The second-order valence-electron chi connectivity index (χ2n) is 4.93. The monoisotopic (exact) mass is 267 g/mol. The van der Waals surface area contributed by atoms with E-state index in [0.717, 1.165) is 12.8 Å². The van der Waals surface area contributed by atoms with Crippen LogP contribution in [0.4, 0.5) is 5.69 Å². The fourth-order valence-corrected chi connectivity index (χ4v) is 1.89. The number of nitrogens with zero attached hydrogens (tertiary/aromatic N) is 3. The minimum Gasteiger partial charge on any atom is -0.394 e. The van der Waals surface area contributed by atoms with Crippen molar-refractivity contribution < 1.29 is 14.8 Å². The molecule has 19 heavy (non-hydrogen) atoms. The summed E-state index contributed by atoms with van der Waals surface area (Å²) in [5, 5.41) is 19.9. The highest BCUT2D eigenvalue weighted by molar-refractivity contribution is 5.93. The number of amides is 1. The summed E-state index contributed by atoms with van der Waals surface area (Å²) in [6, 6.07) is 1.17. The van der Waals surface area contributed by atoms with Gasteiger partial charge in [-0.1, -0.05) is 0 Å². The van der Waals surface area contributed by atoms with E-state index >= 15 is 0 Å². The Morgan fingerprint density at radius 2 is 2.32 bits per heavy atom. The Morgan fingerprint density at radius 1 is 1.68 bits per heavy atom. The van der Waals surface area contributed by atoms with Crippen LogP contribution in [0.5, 0.6) is 0 Å². The smallest absolute Gasteiger partial charge is 0.287 e. The third kappa shape index (κ3) is 2.60. The second kappa shape index (κ2) is 5.00. The van der Waals surface area contributed by atoms with Crippen LogP contribution < -0.4 is 0 Å². The molecule has 1 atom stereocenters. The number of hydrogen-bond acceptors (Lipinski definition) is 4. The van der Waals surface area contributed by atoms with Crippen molar-refractivity contribution >= 4 is 11.6 Å². The van der Waals surface area contributed by atoms with Crippen molar-refractivity contribution in [1.82, 2.24) is 9.47 Å².